The minimum absolute atomic E-state index is 0.0110. The number of hydrogen-bond donors (Lipinski definition) is 3. The molecule has 122 valence electrons. The van der Waals surface area contributed by atoms with Gasteiger partial charge in [-0.2, -0.15) is 0 Å². The van der Waals surface area contributed by atoms with Gasteiger partial charge < -0.3 is 16.3 Å². The van der Waals surface area contributed by atoms with Crippen molar-refractivity contribution in [1.29, 1.82) is 0 Å². The third-order valence-corrected chi connectivity index (χ3v) is 5.49. The molecule has 1 aliphatic heterocycles. The highest BCUT2D eigenvalue weighted by atomic mass is 32.2. The Morgan fingerprint density at radius 1 is 1.33 bits per heavy atom. The molecule has 21 heavy (non-hydrogen) atoms. The number of carbonyl (C=O) groups is 1. The molecular formula is C14H27N3O3S. The van der Waals surface area contributed by atoms with Crippen molar-refractivity contribution in [3.05, 3.63) is 0 Å². The summed E-state index contributed by atoms with van der Waals surface area (Å²) in [7, 11) is -0.754. The van der Waals surface area contributed by atoms with Crippen LogP contribution in [-0.2, 0) is 15.6 Å². The lowest BCUT2D eigenvalue weighted by Crippen LogP contribution is -2.53. The maximum absolute atomic E-state index is 12.7. The molecule has 0 aromatic carbocycles. The smallest absolute Gasteiger partial charge is 0.234 e. The van der Waals surface area contributed by atoms with E-state index in [2.05, 4.69) is 10.5 Å². The van der Waals surface area contributed by atoms with Gasteiger partial charge in [0.25, 0.3) is 0 Å². The van der Waals surface area contributed by atoms with E-state index in [1.807, 2.05) is 13.8 Å². The van der Waals surface area contributed by atoms with Crippen molar-refractivity contribution in [2.45, 2.75) is 58.4 Å². The Bertz CT molecular complexity index is 396. The summed E-state index contributed by atoms with van der Waals surface area (Å²) < 4.78 is 11.4. The van der Waals surface area contributed by atoms with Gasteiger partial charge in [0.15, 0.2) is 5.84 Å². The number of hydrogen-bond acceptors (Lipinski definition) is 4. The van der Waals surface area contributed by atoms with Gasteiger partial charge in [0.1, 0.15) is 5.41 Å². The molecular weight excluding hydrogens is 290 g/mol. The quantitative estimate of drug-likeness (QED) is 0.285. The number of amidine groups is 1. The Morgan fingerprint density at radius 3 is 2.29 bits per heavy atom. The highest BCUT2D eigenvalue weighted by Gasteiger charge is 2.42. The highest BCUT2D eigenvalue weighted by Crippen LogP contribution is 2.31. The Hall–Kier alpha value is -1.11. The normalized spacial score (nSPS) is 23.8. The molecule has 0 radical (unpaired) electrons. The predicted molar refractivity (Wildman–Crippen MR) is 84.7 cm³/mol. The molecule has 1 aliphatic rings. The third-order valence-electron chi connectivity index (χ3n) is 4.11. The molecule has 1 saturated heterocycles. The maximum Gasteiger partial charge on any atom is 0.234 e. The first-order valence-corrected chi connectivity index (χ1v) is 9.12. The largest absolute Gasteiger partial charge is 0.409 e. The summed E-state index contributed by atoms with van der Waals surface area (Å²) in [6.07, 6.45) is 4.12. The molecule has 1 rings (SSSR count). The fourth-order valence-corrected chi connectivity index (χ4v) is 4.23. The van der Waals surface area contributed by atoms with Gasteiger partial charge in [0, 0.05) is 28.3 Å². The van der Waals surface area contributed by atoms with Gasteiger partial charge in [-0.25, -0.2) is 0 Å². The van der Waals surface area contributed by atoms with Gasteiger partial charge in [-0.3, -0.25) is 9.00 Å². The predicted octanol–water partition coefficient (Wildman–Crippen LogP) is 1.35. The van der Waals surface area contributed by atoms with Crippen molar-refractivity contribution in [2.75, 3.05) is 11.5 Å². The second-order valence-electron chi connectivity index (χ2n) is 5.66. The fraction of sp³-hybridized carbons (Fsp3) is 0.857. The monoisotopic (exact) mass is 317 g/mol. The topological polar surface area (TPSA) is 105 Å². The highest BCUT2D eigenvalue weighted by molar-refractivity contribution is 7.85. The van der Waals surface area contributed by atoms with Crippen molar-refractivity contribution < 1.29 is 14.2 Å². The number of nitrogens with two attached hydrogens (primary N) is 1. The average Bonchev–Trinajstić information content (AvgIpc) is 2.48. The van der Waals surface area contributed by atoms with Gasteiger partial charge in [-0.05, 0) is 25.7 Å². The van der Waals surface area contributed by atoms with E-state index in [9.17, 15) is 9.00 Å². The van der Waals surface area contributed by atoms with Crippen LogP contribution in [0.5, 0.6) is 0 Å². The van der Waals surface area contributed by atoms with Gasteiger partial charge in [-0.1, -0.05) is 31.8 Å². The van der Waals surface area contributed by atoms with Crippen molar-refractivity contribution in [3.63, 3.8) is 0 Å². The van der Waals surface area contributed by atoms with Crippen LogP contribution in [0.15, 0.2) is 5.16 Å². The van der Waals surface area contributed by atoms with Gasteiger partial charge in [-0.15, -0.1) is 0 Å². The van der Waals surface area contributed by atoms with E-state index < -0.39 is 16.2 Å². The van der Waals surface area contributed by atoms with Gasteiger partial charge >= 0.3 is 0 Å². The first kappa shape index (κ1) is 17.9. The van der Waals surface area contributed by atoms with Crippen molar-refractivity contribution >= 4 is 22.5 Å². The summed E-state index contributed by atoms with van der Waals surface area (Å²) in [5.74, 6) is 1.08. The van der Waals surface area contributed by atoms with Crippen molar-refractivity contribution in [2.24, 2.45) is 16.3 Å². The van der Waals surface area contributed by atoms with Crippen molar-refractivity contribution in [1.82, 2.24) is 5.32 Å². The summed E-state index contributed by atoms with van der Waals surface area (Å²) in [4.78, 5) is 12.7. The van der Waals surface area contributed by atoms with Crippen LogP contribution >= 0.6 is 0 Å². The van der Waals surface area contributed by atoms with Gasteiger partial charge in [0.2, 0.25) is 5.91 Å². The maximum atomic E-state index is 12.7. The molecule has 1 heterocycles. The number of rotatable bonds is 7. The zero-order valence-electron chi connectivity index (χ0n) is 12.9. The summed E-state index contributed by atoms with van der Waals surface area (Å²) in [5, 5.41) is 15.2. The Balaban J connectivity index is 2.86. The Labute approximate surface area is 129 Å². The molecule has 0 atom stereocenters. The lowest BCUT2D eigenvalue weighted by molar-refractivity contribution is -0.129. The van der Waals surface area contributed by atoms with E-state index in [-0.39, 0.29) is 17.8 Å². The van der Waals surface area contributed by atoms with E-state index in [0.29, 0.717) is 24.3 Å². The second kappa shape index (κ2) is 8.36. The van der Waals surface area contributed by atoms with Crippen LogP contribution in [0.25, 0.3) is 0 Å². The zero-order valence-corrected chi connectivity index (χ0v) is 13.7. The van der Waals surface area contributed by atoms with Crippen LogP contribution < -0.4 is 11.1 Å². The minimum Gasteiger partial charge on any atom is -0.409 e. The van der Waals surface area contributed by atoms with Crippen LogP contribution in [0, 0.1) is 5.41 Å². The molecule has 0 saturated carbocycles. The zero-order chi connectivity index (χ0) is 15.9. The summed E-state index contributed by atoms with van der Waals surface area (Å²) in [6, 6.07) is 0.0368. The third kappa shape index (κ3) is 4.43. The van der Waals surface area contributed by atoms with Crippen LogP contribution in [0.4, 0.5) is 0 Å². The van der Waals surface area contributed by atoms with E-state index in [4.69, 9.17) is 10.9 Å². The first-order valence-electron chi connectivity index (χ1n) is 7.64. The van der Waals surface area contributed by atoms with Crippen LogP contribution in [0.1, 0.15) is 52.4 Å². The standard InChI is InChI=1S/C14H27N3O3S/c1-3-7-14(8-4-2,12(15)17-19)13(18)16-11-5-9-21(20)10-6-11/h11,19H,3-10H2,1-2H3,(H2,15,17)(H,16,18). The molecule has 0 aromatic rings. The number of carbonyl (C=O) groups excluding carboxylic acids is 1. The van der Waals surface area contributed by atoms with Crippen molar-refractivity contribution in [3.8, 4) is 0 Å². The number of oxime groups is 1. The van der Waals surface area contributed by atoms with Crippen LogP contribution in [0.3, 0.4) is 0 Å². The van der Waals surface area contributed by atoms with E-state index in [1.165, 1.54) is 0 Å². The van der Waals surface area contributed by atoms with Crippen LogP contribution in [-0.4, -0.2) is 38.7 Å². The Kier molecular flexibility index (Phi) is 7.14. The first-order chi connectivity index (χ1) is 10.00. The molecule has 0 unspecified atom stereocenters. The van der Waals surface area contributed by atoms with E-state index >= 15 is 0 Å². The second-order valence-corrected chi connectivity index (χ2v) is 7.36. The fourth-order valence-electron chi connectivity index (χ4n) is 2.94. The number of amides is 1. The summed E-state index contributed by atoms with van der Waals surface area (Å²) in [5.41, 5.74) is 4.91. The SMILES string of the molecule is CCCC(CCC)(C(=O)NC1CCS(=O)CC1)C(N)=NO. The molecule has 0 aromatic heterocycles. The lowest BCUT2D eigenvalue weighted by atomic mass is 9.77. The number of nitrogens with zero attached hydrogens (tertiary/aromatic N) is 1. The molecule has 0 bridgehead atoms. The van der Waals surface area contributed by atoms with Gasteiger partial charge in [0.05, 0.1) is 0 Å². The molecule has 0 spiro atoms. The van der Waals surface area contributed by atoms with E-state index in [0.717, 1.165) is 25.7 Å². The summed E-state index contributed by atoms with van der Waals surface area (Å²) >= 11 is 0. The molecule has 7 heteroatoms. The molecule has 1 fully saturated rings. The Morgan fingerprint density at radius 2 is 1.86 bits per heavy atom. The summed E-state index contributed by atoms with van der Waals surface area (Å²) in [6.45, 7) is 3.96. The molecule has 6 nitrogen and oxygen atoms in total. The molecule has 1 amide bonds. The average molecular weight is 317 g/mol. The minimum atomic E-state index is -0.936. The molecule has 4 N–H and O–H groups in total. The number of nitrogens with one attached hydrogen (secondary N) is 1. The van der Waals surface area contributed by atoms with E-state index in [1.54, 1.807) is 0 Å². The molecule has 0 aliphatic carbocycles. The lowest BCUT2D eigenvalue weighted by Gasteiger charge is -2.33. The van der Waals surface area contributed by atoms with Crippen LogP contribution in [0.2, 0.25) is 0 Å².